The Bertz CT molecular complexity index is 357. The van der Waals surface area contributed by atoms with E-state index < -0.39 is 0 Å². The Morgan fingerprint density at radius 2 is 2.40 bits per heavy atom. The molecular formula is C10H13ClN2O2. The van der Waals surface area contributed by atoms with E-state index in [4.69, 9.17) is 11.6 Å². The molecule has 15 heavy (non-hydrogen) atoms. The number of aromatic hydroxyl groups is 1. The smallest absolute Gasteiger partial charge is 0.257 e. The number of hydrogen-bond donors (Lipinski definition) is 1. The van der Waals surface area contributed by atoms with E-state index in [1.54, 1.807) is 7.05 Å². The predicted octanol–water partition coefficient (Wildman–Crippen LogP) is 1.49. The third-order valence-corrected chi connectivity index (χ3v) is 2.68. The molecule has 1 atom stereocenters. The average Bonchev–Trinajstić information content (AvgIpc) is 2.26. The van der Waals surface area contributed by atoms with Gasteiger partial charge in [-0.25, -0.2) is 0 Å². The molecule has 1 unspecified atom stereocenters. The van der Waals surface area contributed by atoms with Crippen LogP contribution in [0.25, 0.3) is 0 Å². The van der Waals surface area contributed by atoms with E-state index in [0.29, 0.717) is 5.88 Å². The second kappa shape index (κ2) is 4.98. The highest BCUT2D eigenvalue weighted by Crippen LogP contribution is 2.17. The number of alkyl halides is 1. The molecule has 4 nitrogen and oxygen atoms in total. The minimum absolute atomic E-state index is 0.0771. The first-order valence-corrected chi connectivity index (χ1v) is 5.07. The summed E-state index contributed by atoms with van der Waals surface area (Å²) in [6.07, 6.45) is 2.71. The number of pyridine rings is 1. The lowest BCUT2D eigenvalue weighted by Crippen LogP contribution is -2.36. The Hall–Kier alpha value is -1.29. The number of hydrogen-bond acceptors (Lipinski definition) is 3. The van der Waals surface area contributed by atoms with Crippen molar-refractivity contribution in [2.75, 3.05) is 12.9 Å². The maximum atomic E-state index is 11.8. The van der Waals surface area contributed by atoms with E-state index in [-0.39, 0.29) is 23.3 Å². The van der Waals surface area contributed by atoms with Crippen LogP contribution in [0.4, 0.5) is 0 Å². The van der Waals surface area contributed by atoms with Crippen LogP contribution in [0.2, 0.25) is 0 Å². The Kier molecular flexibility index (Phi) is 3.91. The highest BCUT2D eigenvalue weighted by Gasteiger charge is 2.19. The van der Waals surface area contributed by atoms with E-state index in [1.807, 2.05) is 6.92 Å². The first-order chi connectivity index (χ1) is 7.07. The molecular weight excluding hydrogens is 216 g/mol. The van der Waals surface area contributed by atoms with Gasteiger partial charge in [0.05, 0.1) is 11.8 Å². The number of amides is 1. The van der Waals surface area contributed by atoms with Crippen molar-refractivity contribution < 1.29 is 9.90 Å². The Labute approximate surface area is 93.5 Å². The zero-order chi connectivity index (χ0) is 11.4. The maximum absolute atomic E-state index is 11.8. The fraction of sp³-hybridized carbons (Fsp3) is 0.400. The zero-order valence-electron chi connectivity index (χ0n) is 8.64. The molecule has 0 aliphatic rings. The molecule has 0 spiro atoms. The standard InChI is InChI=1S/C10H13ClN2O2/c1-7(5-11)13(2)10(15)8-3-4-12-6-9(8)14/h3-4,6-7,14H,5H2,1-2H3. The van der Waals surface area contributed by atoms with E-state index in [2.05, 4.69) is 4.98 Å². The van der Waals surface area contributed by atoms with Gasteiger partial charge in [-0.15, -0.1) is 11.6 Å². The molecule has 1 rings (SSSR count). The van der Waals surface area contributed by atoms with Gasteiger partial charge in [0.1, 0.15) is 5.75 Å². The van der Waals surface area contributed by atoms with Crippen molar-refractivity contribution in [1.29, 1.82) is 0 Å². The number of halogens is 1. The SMILES string of the molecule is CC(CCl)N(C)C(=O)c1ccncc1O. The lowest BCUT2D eigenvalue weighted by molar-refractivity contribution is 0.0753. The summed E-state index contributed by atoms with van der Waals surface area (Å²) in [7, 11) is 1.65. The highest BCUT2D eigenvalue weighted by atomic mass is 35.5. The molecule has 1 aromatic rings. The lowest BCUT2D eigenvalue weighted by Gasteiger charge is -2.23. The molecule has 5 heteroatoms. The monoisotopic (exact) mass is 228 g/mol. The summed E-state index contributed by atoms with van der Waals surface area (Å²) in [5.41, 5.74) is 0.240. The van der Waals surface area contributed by atoms with E-state index in [1.165, 1.54) is 23.4 Å². The molecule has 1 N–H and O–H groups in total. The fourth-order valence-corrected chi connectivity index (χ4v) is 1.27. The van der Waals surface area contributed by atoms with Crippen molar-refractivity contribution in [1.82, 2.24) is 9.88 Å². The summed E-state index contributed by atoms with van der Waals surface area (Å²) in [5, 5.41) is 9.44. The van der Waals surface area contributed by atoms with Crippen LogP contribution in [0.3, 0.4) is 0 Å². The number of aromatic nitrogens is 1. The van der Waals surface area contributed by atoms with Crippen LogP contribution >= 0.6 is 11.6 Å². The summed E-state index contributed by atoms with van der Waals surface area (Å²) in [5.74, 6) is -0.0205. The van der Waals surface area contributed by atoms with Crippen LogP contribution in [0, 0.1) is 0 Å². The molecule has 1 heterocycles. The molecule has 0 saturated heterocycles. The third-order valence-electron chi connectivity index (χ3n) is 2.24. The van der Waals surface area contributed by atoms with E-state index in [0.717, 1.165) is 0 Å². The first kappa shape index (κ1) is 11.8. The van der Waals surface area contributed by atoms with Crippen molar-refractivity contribution in [3.05, 3.63) is 24.0 Å². The topological polar surface area (TPSA) is 53.4 Å². The van der Waals surface area contributed by atoms with E-state index in [9.17, 15) is 9.90 Å². The predicted molar refractivity (Wildman–Crippen MR) is 58.2 cm³/mol. The Balaban J connectivity index is 2.90. The van der Waals surface area contributed by atoms with Gasteiger partial charge >= 0.3 is 0 Å². The molecule has 0 aromatic carbocycles. The number of carbonyl (C=O) groups excluding carboxylic acids is 1. The second-order valence-corrected chi connectivity index (χ2v) is 3.62. The summed E-state index contributed by atoms with van der Waals surface area (Å²) in [6, 6.07) is 1.40. The number of rotatable bonds is 3. The molecule has 0 aliphatic carbocycles. The normalized spacial score (nSPS) is 12.2. The Morgan fingerprint density at radius 3 is 2.93 bits per heavy atom. The third kappa shape index (κ3) is 2.59. The minimum atomic E-state index is -0.261. The van der Waals surface area contributed by atoms with Crippen molar-refractivity contribution >= 4 is 17.5 Å². The van der Waals surface area contributed by atoms with E-state index >= 15 is 0 Å². The molecule has 0 saturated carbocycles. The number of carbonyl (C=O) groups is 1. The zero-order valence-corrected chi connectivity index (χ0v) is 9.40. The van der Waals surface area contributed by atoms with Gasteiger partial charge in [0.15, 0.2) is 0 Å². The molecule has 1 aromatic heterocycles. The summed E-state index contributed by atoms with van der Waals surface area (Å²) in [4.78, 5) is 17.0. The van der Waals surface area contributed by atoms with Crippen molar-refractivity contribution in [3.8, 4) is 5.75 Å². The summed E-state index contributed by atoms with van der Waals surface area (Å²) in [6.45, 7) is 1.84. The number of nitrogens with zero attached hydrogens (tertiary/aromatic N) is 2. The van der Waals surface area contributed by atoms with Crippen molar-refractivity contribution in [3.63, 3.8) is 0 Å². The van der Waals surface area contributed by atoms with Crippen molar-refractivity contribution in [2.24, 2.45) is 0 Å². The van der Waals surface area contributed by atoms with Gasteiger partial charge in [-0.2, -0.15) is 0 Å². The van der Waals surface area contributed by atoms with Crippen LogP contribution in [-0.2, 0) is 0 Å². The Morgan fingerprint density at radius 1 is 1.73 bits per heavy atom. The molecule has 0 fully saturated rings. The molecule has 0 bridgehead atoms. The van der Waals surface area contributed by atoms with Gasteiger partial charge in [0, 0.05) is 25.2 Å². The molecule has 1 amide bonds. The van der Waals surface area contributed by atoms with Crippen LogP contribution < -0.4 is 0 Å². The molecule has 0 aliphatic heterocycles. The van der Waals surface area contributed by atoms with Crippen LogP contribution in [0.5, 0.6) is 5.75 Å². The highest BCUT2D eigenvalue weighted by molar-refractivity contribution is 6.18. The molecule has 82 valence electrons. The lowest BCUT2D eigenvalue weighted by atomic mass is 10.2. The summed E-state index contributed by atoms with van der Waals surface area (Å²) >= 11 is 5.65. The van der Waals surface area contributed by atoms with Crippen LogP contribution in [0.1, 0.15) is 17.3 Å². The fourth-order valence-electron chi connectivity index (χ4n) is 1.06. The van der Waals surface area contributed by atoms with Gasteiger partial charge in [0.25, 0.3) is 5.91 Å². The van der Waals surface area contributed by atoms with Crippen molar-refractivity contribution in [2.45, 2.75) is 13.0 Å². The van der Waals surface area contributed by atoms with Gasteiger partial charge < -0.3 is 10.0 Å². The summed E-state index contributed by atoms with van der Waals surface area (Å²) < 4.78 is 0. The largest absolute Gasteiger partial charge is 0.505 e. The van der Waals surface area contributed by atoms with Crippen LogP contribution in [-0.4, -0.2) is 39.9 Å². The average molecular weight is 229 g/mol. The van der Waals surface area contributed by atoms with Gasteiger partial charge in [0.2, 0.25) is 0 Å². The second-order valence-electron chi connectivity index (χ2n) is 3.31. The van der Waals surface area contributed by atoms with Gasteiger partial charge in [-0.3, -0.25) is 9.78 Å². The first-order valence-electron chi connectivity index (χ1n) is 4.54. The van der Waals surface area contributed by atoms with Gasteiger partial charge in [-0.1, -0.05) is 0 Å². The minimum Gasteiger partial charge on any atom is -0.505 e. The maximum Gasteiger partial charge on any atom is 0.257 e. The quantitative estimate of drug-likeness (QED) is 0.798. The van der Waals surface area contributed by atoms with Gasteiger partial charge in [-0.05, 0) is 13.0 Å². The molecule has 0 radical (unpaired) electrons. The van der Waals surface area contributed by atoms with Crippen LogP contribution in [0.15, 0.2) is 18.5 Å².